The van der Waals surface area contributed by atoms with Gasteiger partial charge in [0.25, 0.3) is 0 Å². The summed E-state index contributed by atoms with van der Waals surface area (Å²) in [5.41, 5.74) is 9.54. The molecule has 0 saturated carbocycles. The Kier molecular flexibility index (Phi) is 2.60. The molecule has 0 unspecified atom stereocenters. The van der Waals surface area contributed by atoms with Gasteiger partial charge in [0.1, 0.15) is 11.2 Å². The number of rotatable bonds is 0. The van der Waals surface area contributed by atoms with Gasteiger partial charge < -0.3 is 9.40 Å². The molecule has 6 aromatic rings. The lowest BCUT2D eigenvalue weighted by Crippen LogP contribution is -2.15. The fourth-order valence-electron chi connectivity index (χ4n) is 5.47. The molecule has 0 spiro atoms. The van der Waals surface area contributed by atoms with E-state index in [-0.39, 0.29) is 5.41 Å². The summed E-state index contributed by atoms with van der Waals surface area (Å²) in [6.45, 7) is 4.64. The molecule has 0 amide bonds. The van der Waals surface area contributed by atoms with Crippen LogP contribution in [0.2, 0.25) is 0 Å². The molecule has 1 aliphatic rings. The number of nitrogens with one attached hydrogen (secondary N) is 1. The van der Waals surface area contributed by atoms with Crippen molar-refractivity contribution in [2.45, 2.75) is 19.3 Å². The predicted octanol–water partition coefficient (Wildman–Crippen LogP) is 7.53. The largest absolute Gasteiger partial charge is 0.456 e. The summed E-state index contributed by atoms with van der Waals surface area (Å²) in [7, 11) is 0. The van der Waals surface area contributed by atoms with Crippen LogP contribution in [0.3, 0.4) is 0 Å². The first-order chi connectivity index (χ1) is 14.1. The van der Waals surface area contributed by atoms with Crippen LogP contribution in [0.5, 0.6) is 0 Å². The topological polar surface area (TPSA) is 28.9 Å². The SMILES string of the molecule is CC1(C)c2ccc3c([nH]c4ccccc43)c2-c2ccc3c(oc4ccccc43)c21. The third-order valence-electron chi connectivity index (χ3n) is 6.80. The highest BCUT2D eigenvalue weighted by atomic mass is 16.3. The molecule has 2 heterocycles. The van der Waals surface area contributed by atoms with Crippen LogP contribution in [-0.4, -0.2) is 4.98 Å². The van der Waals surface area contributed by atoms with Crippen molar-refractivity contribution >= 4 is 43.7 Å². The van der Waals surface area contributed by atoms with E-state index in [4.69, 9.17) is 4.42 Å². The number of H-pyrrole nitrogens is 1. The molecule has 0 radical (unpaired) electrons. The molecule has 1 aliphatic carbocycles. The molecule has 29 heavy (non-hydrogen) atoms. The second-order valence-electron chi connectivity index (χ2n) is 8.67. The molecule has 138 valence electrons. The standard InChI is InChI=1S/C27H19NO/c1-27(2)20-14-13-17-15-7-3-5-9-21(15)28-25(17)23(20)19-12-11-18-16-8-4-6-10-22(16)29-26(18)24(19)27/h3-14,28H,1-2H3. The van der Waals surface area contributed by atoms with Gasteiger partial charge in [-0.05, 0) is 29.3 Å². The van der Waals surface area contributed by atoms with Crippen LogP contribution in [0, 0.1) is 0 Å². The van der Waals surface area contributed by atoms with Crippen LogP contribution in [-0.2, 0) is 5.41 Å². The smallest absolute Gasteiger partial charge is 0.140 e. The van der Waals surface area contributed by atoms with Gasteiger partial charge in [-0.2, -0.15) is 0 Å². The molecule has 7 rings (SSSR count). The number of furan rings is 1. The van der Waals surface area contributed by atoms with Crippen molar-refractivity contribution in [2.75, 3.05) is 0 Å². The van der Waals surface area contributed by atoms with Crippen LogP contribution in [0.1, 0.15) is 25.0 Å². The third kappa shape index (κ3) is 1.73. The maximum atomic E-state index is 6.42. The summed E-state index contributed by atoms with van der Waals surface area (Å²) in [5, 5.41) is 4.95. The van der Waals surface area contributed by atoms with Crippen LogP contribution in [0.25, 0.3) is 54.9 Å². The van der Waals surface area contributed by atoms with Crippen molar-refractivity contribution in [1.29, 1.82) is 0 Å². The zero-order valence-corrected chi connectivity index (χ0v) is 16.3. The number of para-hydroxylation sites is 2. The van der Waals surface area contributed by atoms with Gasteiger partial charge in [-0.1, -0.05) is 68.4 Å². The Labute approximate surface area is 167 Å². The maximum absolute atomic E-state index is 6.42. The Bertz CT molecular complexity index is 1630. The third-order valence-corrected chi connectivity index (χ3v) is 6.80. The number of aromatic amines is 1. The summed E-state index contributed by atoms with van der Waals surface area (Å²) in [6, 6.07) is 26.0. The summed E-state index contributed by atoms with van der Waals surface area (Å²) in [4.78, 5) is 3.70. The first kappa shape index (κ1) is 15.4. The monoisotopic (exact) mass is 373 g/mol. The molecule has 0 bridgehead atoms. The Balaban J connectivity index is 1.68. The normalized spacial score (nSPS) is 14.8. The molecule has 1 N–H and O–H groups in total. The number of benzene rings is 4. The van der Waals surface area contributed by atoms with Gasteiger partial charge in [-0.25, -0.2) is 0 Å². The highest BCUT2D eigenvalue weighted by molar-refractivity contribution is 6.16. The van der Waals surface area contributed by atoms with E-state index in [1.807, 2.05) is 6.07 Å². The van der Waals surface area contributed by atoms with Crippen molar-refractivity contribution in [2.24, 2.45) is 0 Å². The van der Waals surface area contributed by atoms with E-state index in [1.165, 1.54) is 54.8 Å². The van der Waals surface area contributed by atoms with E-state index >= 15 is 0 Å². The minimum atomic E-state index is -0.121. The molecule has 0 saturated heterocycles. The highest BCUT2D eigenvalue weighted by Crippen LogP contribution is 2.54. The lowest BCUT2D eigenvalue weighted by Gasteiger charge is -2.21. The number of hydrogen-bond donors (Lipinski definition) is 1. The number of fused-ring (bicyclic) bond motifs is 11. The second-order valence-corrected chi connectivity index (χ2v) is 8.67. The highest BCUT2D eigenvalue weighted by Gasteiger charge is 2.39. The Hall–Kier alpha value is -3.52. The summed E-state index contributed by atoms with van der Waals surface area (Å²) >= 11 is 0. The van der Waals surface area contributed by atoms with Crippen LogP contribution < -0.4 is 0 Å². The van der Waals surface area contributed by atoms with Crippen molar-refractivity contribution in [1.82, 2.24) is 4.98 Å². The van der Waals surface area contributed by atoms with Gasteiger partial charge in [0.05, 0.1) is 5.52 Å². The molecule has 0 atom stereocenters. The van der Waals surface area contributed by atoms with Gasteiger partial charge in [0.2, 0.25) is 0 Å². The van der Waals surface area contributed by atoms with Gasteiger partial charge in [-0.15, -0.1) is 0 Å². The molecular formula is C27H19NO. The molecule has 4 aromatic carbocycles. The first-order valence-corrected chi connectivity index (χ1v) is 10.1. The lowest BCUT2D eigenvalue weighted by molar-refractivity contribution is 0.620. The van der Waals surface area contributed by atoms with Gasteiger partial charge in [-0.3, -0.25) is 0 Å². The summed E-state index contributed by atoms with van der Waals surface area (Å²) in [6.07, 6.45) is 0. The zero-order chi connectivity index (χ0) is 19.3. The molecule has 0 fully saturated rings. The van der Waals surface area contributed by atoms with E-state index in [0.29, 0.717) is 0 Å². The van der Waals surface area contributed by atoms with Gasteiger partial charge in [0, 0.05) is 43.6 Å². The molecule has 2 nitrogen and oxygen atoms in total. The average Bonchev–Trinajstić information content (AvgIpc) is 3.36. The van der Waals surface area contributed by atoms with Crippen molar-refractivity contribution in [3.63, 3.8) is 0 Å². The van der Waals surface area contributed by atoms with Gasteiger partial charge >= 0.3 is 0 Å². The quantitative estimate of drug-likeness (QED) is 0.293. The fraction of sp³-hybridized carbons (Fsp3) is 0.111. The molecule has 2 aromatic heterocycles. The summed E-state index contributed by atoms with van der Waals surface area (Å²) < 4.78 is 6.42. The van der Waals surface area contributed by atoms with E-state index in [0.717, 1.165) is 11.2 Å². The summed E-state index contributed by atoms with van der Waals surface area (Å²) in [5.74, 6) is 0. The lowest BCUT2D eigenvalue weighted by atomic mass is 9.81. The van der Waals surface area contributed by atoms with Gasteiger partial charge in [0.15, 0.2) is 0 Å². The Morgan fingerprint density at radius 2 is 1.48 bits per heavy atom. The van der Waals surface area contributed by atoms with E-state index < -0.39 is 0 Å². The minimum absolute atomic E-state index is 0.121. The van der Waals surface area contributed by atoms with E-state index in [9.17, 15) is 0 Å². The molecular weight excluding hydrogens is 354 g/mol. The van der Waals surface area contributed by atoms with Crippen molar-refractivity contribution in [3.05, 3.63) is 83.9 Å². The fourth-order valence-corrected chi connectivity index (χ4v) is 5.47. The number of hydrogen-bond acceptors (Lipinski definition) is 1. The van der Waals surface area contributed by atoms with Crippen LogP contribution >= 0.6 is 0 Å². The van der Waals surface area contributed by atoms with E-state index in [2.05, 4.69) is 85.6 Å². The Morgan fingerprint density at radius 1 is 0.724 bits per heavy atom. The van der Waals surface area contributed by atoms with Crippen LogP contribution in [0.4, 0.5) is 0 Å². The molecule has 0 aliphatic heterocycles. The zero-order valence-electron chi connectivity index (χ0n) is 16.3. The van der Waals surface area contributed by atoms with Crippen molar-refractivity contribution in [3.8, 4) is 11.1 Å². The maximum Gasteiger partial charge on any atom is 0.140 e. The van der Waals surface area contributed by atoms with E-state index in [1.54, 1.807) is 0 Å². The Morgan fingerprint density at radius 3 is 2.38 bits per heavy atom. The predicted molar refractivity (Wildman–Crippen MR) is 121 cm³/mol. The average molecular weight is 373 g/mol. The minimum Gasteiger partial charge on any atom is -0.456 e. The first-order valence-electron chi connectivity index (χ1n) is 10.1. The van der Waals surface area contributed by atoms with Crippen molar-refractivity contribution < 1.29 is 4.42 Å². The number of aromatic nitrogens is 1. The second kappa shape index (κ2) is 4.90. The van der Waals surface area contributed by atoms with Crippen LogP contribution in [0.15, 0.2) is 77.2 Å². The molecule has 2 heteroatoms.